The van der Waals surface area contributed by atoms with E-state index in [1.54, 1.807) is 0 Å². The monoisotopic (exact) mass is 304 g/mol. The fraction of sp³-hybridized carbons (Fsp3) is 0.417. The summed E-state index contributed by atoms with van der Waals surface area (Å²) in [5, 5.41) is 0. The topological polar surface area (TPSA) is 26.3 Å². The Morgan fingerprint density at radius 3 is 2.19 bits per heavy atom. The Kier molecular flexibility index (Phi) is 6.13. The average Bonchev–Trinajstić information content (AvgIpc) is 2.15. The molecule has 0 aliphatic heterocycles. The predicted molar refractivity (Wildman–Crippen MR) is 70.8 cm³/mol. The van der Waals surface area contributed by atoms with Crippen molar-refractivity contribution in [3.63, 3.8) is 0 Å². The first-order valence-corrected chi connectivity index (χ1v) is 6.33. The fourth-order valence-electron chi connectivity index (χ4n) is 1.16. The maximum Gasteiger partial charge on any atom is -0.147 e. The van der Waals surface area contributed by atoms with Crippen LogP contribution in [0.5, 0.6) is 0 Å². The van der Waals surface area contributed by atoms with Crippen LogP contribution in [0.4, 0.5) is 0 Å². The third-order valence-electron chi connectivity index (χ3n) is 1.82. The van der Waals surface area contributed by atoms with Crippen LogP contribution in [0.1, 0.15) is 31.0 Å². The largest absolute Gasteiger partial charge is 0.147 e. The van der Waals surface area contributed by atoms with Crippen LogP contribution in [0.15, 0.2) is 30.3 Å². The summed E-state index contributed by atoms with van der Waals surface area (Å²) in [4.78, 5) is 11.8. The second-order valence-corrected chi connectivity index (χ2v) is 5.82. The van der Waals surface area contributed by atoms with Crippen molar-refractivity contribution in [2.24, 2.45) is 0 Å². The van der Waals surface area contributed by atoms with Crippen LogP contribution in [0.25, 0.3) is 0 Å². The number of benzene rings is 1. The smallest absolute Gasteiger partial charge is 0.147 e. The first-order valence-electron chi connectivity index (χ1n) is 4.93. The van der Waals surface area contributed by atoms with E-state index in [-0.39, 0.29) is 23.1 Å². The van der Waals surface area contributed by atoms with Gasteiger partial charge in [-0.05, 0) is 0 Å². The summed E-state index contributed by atoms with van der Waals surface area (Å²) >= 11 is 1.38. The molecule has 0 N–H and O–H groups in total. The molecule has 0 fully saturated rings. The number of ether oxygens (including phenoxy) is 1. The Morgan fingerprint density at radius 2 is 1.75 bits per heavy atom. The molecule has 0 bridgehead atoms. The van der Waals surface area contributed by atoms with Gasteiger partial charge in [0.1, 0.15) is 0 Å². The molecule has 0 saturated carbocycles. The van der Waals surface area contributed by atoms with E-state index in [1.807, 2.05) is 51.1 Å². The van der Waals surface area contributed by atoms with Gasteiger partial charge in [-0.15, -0.1) is 12.4 Å². The summed E-state index contributed by atoms with van der Waals surface area (Å²) in [5.41, 5.74) is 0.614. The summed E-state index contributed by atoms with van der Waals surface area (Å²) in [6, 6.07) is 9.73. The van der Waals surface area contributed by atoms with Gasteiger partial charge in [0, 0.05) is 0 Å². The zero-order valence-corrected chi connectivity index (χ0v) is 13.0. The quantitative estimate of drug-likeness (QED) is 0.618. The van der Waals surface area contributed by atoms with Gasteiger partial charge in [-0.25, -0.2) is 0 Å². The van der Waals surface area contributed by atoms with Crippen LogP contribution in [0.2, 0.25) is 0 Å². The van der Waals surface area contributed by atoms with E-state index in [0.717, 1.165) is 5.56 Å². The van der Waals surface area contributed by atoms with Crippen molar-refractivity contribution < 1.29 is 9.53 Å². The molecule has 1 aromatic carbocycles. The molecule has 4 heteroatoms. The van der Waals surface area contributed by atoms with Gasteiger partial charge in [-0.1, -0.05) is 0 Å². The summed E-state index contributed by atoms with van der Waals surface area (Å²) < 4.78 is 5.19. The molecule has 16 heavy (non-hydrogen) atoms. The molecule has 0 radical (unpaired) electrons. The molecule has 1 aromatic rings. The molecule has 0 heterocycles. The summed E-state index contributed by atoms with van der Waals surface area (Å²) in [5.74, 6) is -0.145. The van der Waals surface area contributed by atoms with Crippen molar-refractivity contribution in [1.29, 1.82) is 0 Å². The molecule has 0 aliphatic rings. The van der Waals surface area contributed by atoms with Crippen molar-refractivity contribution in [1.82, 2.24) is 0 Å². The van der Waals surface area contributed by atoms with Crippen molar-refractivity contribution in [3.8, 4) is 0 Å². The average molecular weight is 305 g/mol. The number of esters is 1. The van der Waals surface area contributed by atoms with Gasteiger partial charge in [0.15, 0.2) is 0 Å². The molecule has 90 valence electrons. The van der Waals surface area contributed by atoms with Crippen molar-refractivity contribution in [2.45, 2.75) is 31.1 Å². The number of rotatable bonds is 2. The first-order chi connectivity index (χ1) is 6.90. The molecule has 2 atom stereocenters. The van der Waals surface area contributed by atoms with Crippen LogP contribution < -0.4 is 0 Å². The fourth-order valence-corrected chi connectivity index (χ4v) is 1.77. The number of hydrogen-bond acceptors (Lipinski definition) is 2. The van der Waals surface area contributed by atoms with E-state index in [4.69, 9.17) is 4.74 Å². The van der Waals surface area contributed by atoms with Crippen molar-refractivity contribution in [2.75, 3.05) is 0 Å². The van der Waals surface area contributed by atoms with Gasteiger partial charge in [-0.2, -0.15) is 0 Å². The van der Waals surface area contributed by atoms with E-state index in [9.17, 15) is 4.79 Å². The first kappa shape index (κ1) is 15.5. The third-order valence-corrected chi connectivity index (χ3v) is 3.20. The predicted octanol–water partition coefficient (Wildman–Crippen LogP) is 2.12. The molecular weight excluding hydrogens is 287 g/mol. The minimum Gasteiger partial charge on any atom is -0.147 e. The standard InChI is InChI=1S/C12H17AsO2.ClH/c1-12(2,3)15-11(14)10(13)9-7-5-4-6-8-9;/h4-8,10H,13H2,1-3H3;1H. The number of hydrogen-bond donors (Lipinski definition) is 0. The Balaban J connectivity index is 0.00000225. The summed E-state index contributed by atoms with van der Waals surface area (Å²) in [6.45, 7) is 5.65. The maximum atomic E-state index is 11.8. The molecule has 0 saturated heterocycles. The van der Waals surface area contributed by atoms with Crippen LogP contribution in [0.3, 0.4) is 0 Å². The molecule has 2 unspecified atom stereocenters. The molecule has 0 amide bonds. The maximum absolute atomic E-state index is 11.8. The van der Waals surface area contributed by atoms with Gasteiger partial charge in [0.2, 0.25) is 0 Å². The van der Waals surface area contributed by atoms with Gasteiger partial charge < -0.3 is 0 Å². The van der Waals surface area contributed by atoms with Gasteiger partial charge >= 0.3 is 99.3 Å². The van der Waals surface area contributed by atoms with Crippen LogP contribution in [0, 0.1) is 0 Å². The van der Waals surface area contributed by atoms with E-state index in [1.165, 1.54) is 16.9 Å². The Morgan fingerprint density at radius 1 is 1.25 bits per heavy atom. The van der Waals surface area contributed by atoms with Gasteiger partial charge in [0.05, 0.1) is 0 Å². The van der Waals surface area contributed by atoms with E-state index >= 15 is 0 Å². The molecule has 1 rings (SSSR count). The Hall–Kier alpha value is -0.462. The number of carbonyl (C=O) groups excluding carboxylic acids is 1. The number of carbonyl (C=O) groups is 1. The Labute approximate surface area is 112 Å². The molecule has 2 nitrogen and oxygen atoms in total. The second-order valence-electron chi connectivity index (χ2n) is 4.42. The summed E-state index contributed by atoms with van der Waals surface area (Å²) in [6.07, 6.45) is 0. The molecule has 0 aliphatic carbocycles. The third kappa shape index (κ3) is 5.05. The van der Waals surface area contributed by atoms with E-state index in [2.05, 4.69) is 0 Å². The van der Waals surface area contributed by atoms with Crippen molar-refractivity contribution in [3.05, 3.63) is 35.9 Å². The molecule has 0 spiro atoms. The minimum absolute atomic E-state index is 0. The molecular formula is C12H18AsClO2. The van der Waals surface area contributed by atoms with Crippen LogP contribution in [-0.2, 0) is 9.53 Å². The van der Waals surface area contributed by atoms with Crippen molar-refractivity contribution >= 4 is 35.2 Å². The van der Waals surface area contributed by atoms with E-state index < -0.39 is 5.60 Å². The normalized spacial score (nSPS) is 12.5. The summed E-state index contributed by atoms with van der Waals surface area (Å²) in [7, 11) is 0. The van der Waals surface area contributed by atoms with Gasteiger partial charge in [-0.3, -0.25) is 0 Å². The van der Waals surface area contributed by atoms with E-state index in [0.29, 0.717) is 0 Å². The van der Waals surface area contributed by atoms with Gasteiger partial charge in [0.25, 0.3) is 0 Å². The SMILES string of the molecule is CC(C)(C)OC(=O)C([AsH2])c1ccccc1.Cl. The van der Waals surface area contributed by atoms with Crippen LogP contribution in [-0.4, -0.2) is 28.4 Å². The minimum atomic E-state index is -0.407. The zero-order valence-electron chi connectivity index (χ0n) is 9.77. The molecule has 0 aromatic heterocycles. The zero-order chi connectivity index (χ0) is 11.5. The second kappa shape index (κ2) is 6.32. The number of halogens is 1. The van der Waals surface area contributed by atoms with Crippen LogP contribution >= 0.6 is 12.4 Å². The Bertz CT molecular complexity index is 333.